The first-order valence-electron chi connectivity index (χ1n) is 11.3. The predicted octanol–water partition coefficient (Wildman–Crippen LogP) is 2.91. The third kappa shape index (κ3) is 3.88. The summed E-state index contributed by atoms with van der Waals surface area (Å²) in [5.74, 6) is 0.924. The number of H-pyrrole nitrogens is 1. The van der Waals surface area contributed by atoms with Gasteiger partial charge in [0, 0.05) is 45.2 Å². The number of likely N-dealkylation sites (N-methyl/N-ethyl adjacent to an activating group) is 1. The van der Waals surface area contributed by atoms with E-state index in [1.165, 1.54) is 10.8 Å². The van der Waals surface area contributed by atoms with E-state index in [9.17, 15) is 9.59 Å². The molecule has 5 rings (SSSR count). The van der Waals surface area contributed by atoms with Crippen molar-refractivity contribution in [2.45, 2.75) is 18.9 Å². The number of aromatic nitrogens is 2. The third-order valence-corrected chi connectivity index (χ3v) is 6.81. The summed E-state index contributed by atoms with van der Waals surface area (Å²) in [6.07, 6.45) is 2.93. The van der Waals surface area contributed by atoms with Crippen LogP contribution in [0.5, 0.6) is 0 Å². The van der Waals surface area contributed by atoms with Gasteiger partial charge in [-0.15, -0.1) is 0 Å². The van der Waals surface area contributed by atoms with E-state index in [1.54, 1.807) is 11.9 Å². The molecule has 166 valence electrons. The van der Waals surface area contributed by atoms with Crippen LogP contribution in [0.4, 0.5) is 0 Å². The first kappa shape index (κ1) is 20.7. The van der Waals surface area contributed by atoms with Crippen molar-refractivity contribution in [3.8, 4) is 11.3 Å². The van der Waals surface area contributed by atoms with Crippen LogP contribution in [0.25, 0.3) is 22.0 Å². The Labute approximate surface area is 188 Å². The number of benzene rings is 2. The van der Waals surface area contributed by atoms with Crippen molar-refractivity contribution < 1.29 is 9.59 Å². The van der Waals surface area contributed by atoms with Crippen LogP contribution in [-0.2, 0) is 9.59 Å². The Hall–Kier alpha value is -3.19. The number of fused-ring (bicyclic) bond motifs is 1. The summed E-state index contributed by atoms with van der Waals surface area (Å²) in [4.78, 5) is 39.4. The van der Waals surface area contributed by atoms with Gasteiger partial charge in [0.25, 0.3) is 0 Å². The van der Waals surface area contributed by atoms with Crippen LogP contribution in [0.2, 0.25) is 0 Å². The number of piperazine rings is 1. The second-order valence-corrected chi connectivity index (χ2v) is 9.06. The van der Waals surface area contributed by atoms with Gasteiger partial charge in [-0.05, 0) is 30.3 Å². The highest BCUT2D eigenvalue weighted by Gasteiger charge is 2.37. The van der Waals surface area contributed by atoms with Crippen molar-refractivity contribution >= 4 is 22.6 Å². The molecule has 7 nitrogen and oxygen atoms in total. The molecule has 3 aromatic rings. The van der Waals surface area contributed by atoms with Gasteiger partial charge in [-0.25, -0.2) is 4.98 Å². The molecule has 0 aliphatic carbocycles. The van der Waals surface area contributed by atoms with Crippen molar-refractivity contribution in [2.24, 2.45) is 5.92 Å². The highest BCUT2D eigenvalue weighted by molar-refractivity contribution is 5.87. The topological polar surface area (TPSA) is 72.5 Å². The molecule has 3 heterocycles. The summed E-state index contributed by atoms with van der Waals surface area (Å²) in [5.41, 5.74) is 2.03. The molecular weight excluding hydrogens is 402 g/mol. The highest BCUT2D eigenvalue weighted by atomic mass is 16.2. The lowest BCUT2D eigenvalue weighted by Crippen LogP contribution is -2.53. The average molecular weight is 432 g/mol. The lowest BCUT2D eigenvalue weighted by atomic mass is 9.95. The lowest BCUT2D eigenvalue weighted by Gasteiger charge is -2.41. The maximum Gasteiger partial charge on any atom is 0.228 e. The monoisotopic (exact) mass is 431 g/mol. The SMILES string of the molecule is CN1CCN(C(=O)C2CCC(=O)N(C)C2)C(c2ncc(-c3ccc4ccccc4c3)[nH]2)C1. The zero-order valence-electron chi connectivity index (χ0n) is 18.6. The molecule has 2 fully saturated rings. The van der Waals surface area contributed by atoms with Crippen LogP contribution in [0, 0.1) is 5.92 Å². The van der Waals surface area contributed by atoms with Gasteiger partial charge >= 0.3 is 0 Å². The van der Waals surface area contributed by atoms with Crippen LogP contribution in [0.3, 0.4) is 0 Å². The van der Waals surface area contributed by atoms with Crippen molar-refractivity contribution in [2.75, 3.05) is 40.3 Å². The molecule has 2 aromatic carbocycles. The zero-order chi connectivity index (χ0) is 22.2. The largest absolute Gasteiger partial charge is 0.345 e. The van der Waals surface area contributed by atoms with Crippen LogP contribution in [0.15, 0.2) is 48.7 Å². The van der Waals surface area contributed by atoms with Crippen molar-refractivity contribution in [1.82, 2.24) is 24.7 Å². The fraction of sp³-hybridized carbons (Fsp3) is 0.400. The maximum absolute atomic E-state index is 13.4. The number of imidazole rings is 1. The Morgan fingerprint density at radius 3 is 2.69 bits per heavy atom. The number of rotatable bonds is 3. The molecule has 2 saturated heterocycles. The van der Waals surface area contributed by atoms with Crippen LogP contribution < -0.4 is 0 Å². The van der Waals surface area contributed by atoms with Gasteiger partial charge in [-0.3, -0.25) is 9.59 Å². The minimum atomic E-state index is -0.140. The molecule has 2 aliphatic heterocycles. The Balaban J connectivity index is 1.40. The van der Waals surface area contributed by atoms with E-state index in [4.69, 9.17) is 4.98 Å². The van der Waals surface area contributed by atoms with Crippen molar-refractivity contribution in [3.05, 3.63) is 54.5 Å². The second-order valence-electron chi connectivity index (χ2n) is 9.06. The van der Waals surface area contributed by atoms with Gasteiger partial charge in [0.05, 0.1) is 17.8 Å². The zero-order valence-corrected chi connectivity index (χ0v) is 18.6. The first-order chi connectivity index (χ1) is 15.5. The van der Waals surface area contributed by atoms with Crippen LogP contribution in [0.1, 0.15) is 24.7 Å². The van der Waals surface area contributed by atoms with Gasteiger partial charge < -0.3 is 19.7 Å². The molecule has 0 radical (unpaired) electrons. The molecule has 2 aliphatic rings. The number of carbonyl (C=O) groups is 2. The normalized spacial score (nSPS) is 22.5. The number of nitrogens with one attached hydrogen (secondary N) is 1. The fourth-order valence-corrected chi connectivity index (χ4v) is 4.88. The number of amides is 2. The summed E-state index contributed by atoms with van der Waals surface area (Å²) in [5, 5.41) is 2.39. The number of carbonyl (C=O) groups excluding carboxylic acids is 2. The molecule has 1 aromatic heterocycles. The number of aromatic amines is 1. The molecule has 2 unspecified atom stereocenters. The maximum atomic E-state index is 13.4. The van der Waals surface area contributed by atoms with Gasteiger partial charge in [-0.1, -0.05) is 36.4 Å². The molecule has 1 N–H and O–H groups in total. The van der Waals surface area contributed by atoms with E-state index in [0.29, 0.717) is 25.9 Å². The van der Waals surface area contributed by atoms with Crippen molar-refractivity contribution in [3.63, 3.8) is 0 Å². The second kappa shape index (κ2) is 8.39. The van der Waals surface area contributed by atoms with Crippen LogP contribution in [-0.4, -0.2) is 76.8 Å². The number of nitrogens with zero attached hydrogens (tertiary/aromatic N) is 4. The molecule has 32 heavy (non-hydrogen) atoms. The molecular formula is C25H29N5O2. The minimum Gasteiger partial charge on any atom is -0.345 e. The predicted molar refractivity (Wildman–Crippen MR) is 124 cm³/mol. The molecule has 2 amide bonds. The number of piperidine rings is 1. The van der Waals surface area contributed by atoms with E-state index >= 15 is 0 Å². The Morgan fingerprint density at radius 1 is 1.06 bits per heavy atom. The molecule has 2 atom stereocenters. The highest BCUT2D eigenvalue weighted by Crippen LogP contribution is 2.30. The standard InChI is InChI=1S/C25H29N5O2/c1-28-11-12-30(25(32)20-9-10-23(31)29(2)15-20)22(16-28)24-26-14-21(27-24)19-8-7-17-5-3-4-6-18(17)13-19/h3-8,13-14,20,22H,9-12,15-16H2,1-2H3,(H,26,27). The first-order valence-corrected chi connectivity index (χ1v) is 11.3. The Bertz CT molecular complexity index is 1160. The van der Waals surface area contributed by atoms with Crippen molar-refractivity contribution in [1.29, 1.82) is 0 Å². The summed E-state index contributed by atoms with van der Waals surface area (Å²) >= 11 is 0. The van der Waals surface area contributed by atoms with Crippen LogP contribution >= 0.6 is 0 Å². The molecule has 0 spiro atoms. The summed E-state index contributed by atoms with van der Waals surface area (Å²) in [7, 11) is 3.86. The van der Waals surface area contributed by atoms with E-state index in [-0.39, 0.29) is 23.8 Å². The quantitative estimate of drug-likeness (QED) is 0.692. The average Bonchev–Trinajstić information content (AvgIpc) is 3.30. The summed E-state index contributed by atoms with van der Waals surface area (Å²) < 4.78 is 0. The number of likely N-dealkylation sites (tertiary alicyclic amines) is 1. The Morgan fingerprint density at radius 2 is 1.88 bits per heavy atom. The Kier molecular flexibility index (Phi) is 5.43. The lowest BCUT2D eigenvalue weighted by molar-refractivity contribution is -0.145. The summed E-state index contributed by atoms with van der Waals surface area (Å²) in [6, 6.07) is 14.6. The van der Waals surface area contributed by atoms with Gasteiger partial charge in [0.15, 0.2) is 0 Å². The van der Waals surface area contributed by atoms with E-state index in [1.807, 2.05) is 23.2 Å². The van der Waals surface area contributed by atoms with Gasteiger partial charge in [-0.2, -0.15) is 0 Å². The van der Waals surface area contributed by atoms with Gasteiger partial charge in [0.2, 0.25) is 11.8 Å². The van der Waals surface area contributed by atoms with E-state index in [0.717, 1.165) is 30.2 Å². The number of hydrogen-bond acceptors (Lipinski definition) is 4. The fourth-order valence-electron chi connectivity index (χ4n) is 4.88. The third-order valence-electron chi connectivity index (χ3n) is 6.81. The van der Waals surface area contributed by atoms with E-state index < -0.39 is 0 Å². The molecule has 0 bridgehead atoms. The summed E-state index contributed by atoms with van der Waals surface area (Å²) in [6.45, 7) is 2.73. The number of hydrogen-bond donors (Lipinski definition) is 1. The molecule has 7 heteroatoms. The van der Waals surface area contributed by atoms with Gasteiger partial charge in [0.1, 0.15) is 11.9 Å². The van der Waals surface area contributed by atoms with E-state index in [2.05, 4.69) is 47.3 Å². The molecule has 0 saturated carbocycles. The minimum absolute atomic E-state index is 0.120. The smallest absolute Gasteiger partial charge is 0.228 e.